The molecule has 1 aliphatic heterocycles. The molecule has 0 atom stereocenters. The minimum atomic E-state index is 0. The molecule has 1 aliphatic carbocycles. The summed E-state index contributed by atoms with van der Waals surface area (Å²) < 4.78 is 0. The smallest absolute Gasteiger partial charge is 0.191 e. The number of hydrogen-bond acceptors (Lipinski definition) is 3. The highest BCUT2D eigenvalue weighted by Crippen LogP contribution is 2.26. The van der Waals surface area contributed by atoms with Crippen LogP contribution >= 0.6 is 35.7 Å². The van der Waals surface area contributed by atoms with Crippen molar-refractivity contribution in [2.24, 2.45) is 4.99 Å². The first-order valence-electron chi connectivity index (χ1n) is 9.61. The van der Waals surface area contributed by atoms with E-state index < -0.39 is 0 Å². The lowest BCUT2D eigenvalue weighted by Gasteiger charge is -2.36. The molecule has 1 saturated carbocycles. The molecular weight excluding hydrogens is 431 g/mol. The van der Waals surface area contributed by atoms with Crippen molar-refractivity contribution < 1.29 is 0 Å². The quantitative estimate of drug-likeness (QED) is 0.247. The van der Waals surface area contributed by atoms with Gasteiger partial charge in [-0.1, -0.05) is 12.8 Å². The second kappa shape index (κ2) is 13.5. The third-order valence-electron chi connectivity index (χ3n) is 5.08. The Morgan fingerprint density at radius 3 is 2.46 bits per heavy atom. The van der Waals surface area contributed by atoms with Crippen molar-refractivity contribution in [2.75, 3.05) is 38.2 Å². The summed E-state index contributed by atoms with van der Waals surface area (Å²) in [6, 6.07) is 1.48. The second-order valence-corrected chi connectivity index (χ2v) is 7.84. The molecule has 0 unspecified atom stereocenters. The van der Waals surface area contributed by atoms with Crippen LogP contribution in [0.15, 0.2) is 4.99 Å². The van der Waals surface area contributed by atoms with Crippen molar-refractivity contribution in [1.29, 1.82) is 0 Å². The van der Waals surface area contributed by atoms with Gasteiger partial charge >= 0.3 is 0 Å². The number of thioether (sulfide) groups is 1. The van der Waals surface area contributed by atoms with Crippen LogP contribution < -0.4 is 10.6 Å². The maximum atomic E-state index is 4.75. The zero-order valence-electron chi connectivity index (χ0n) is 15.6. The van der Waals surface area contributed by atoms with Crippen LogP contribution in [0.3, 0.4) is 0 Å². The Bertz CT molecular complexity index is 340. The lowest BCUT2D eigenvalue weighted by molar-refractivity contribution is 0.150. The first kappa shape index (κ1) is 22.4. The monoisotopic (exact) mass is 468 g/mol. The molecule has 2 aliphatic rings. The maximum Gasteiger partial charge on any atom is 0.191 e. The molecule has 1 saturated heterocycles. The Morgan fingerprint density at radius 2 is 1.83 bits per heavy atom. The molecule has 4 nitrogen and oxygen atoms in total. The molecule has 0 aromatic rings. The Balaban J connectivity index is 0.00000288. The van der Waals surface area contributed by atoms with Gasteiger partial charge in [-0.3, -0.25) is 4.99 Å². The molecular formula is C18H37IN4S. The van der Waals surface area contributed by atoms with E-state index in [1.165, 1.54) is 70.2 Å². The number of hydrogen-bond donors (Lipinski definition) is 2. The van der Waals surface area contributed by atoms with E-state index in [0.29, 0.717) is 6.04 Å². The van der Waals surface area contributed by atoms with E-state index in [0.717, 1.165) is 25.1 Å². The lowest BCUT2D eigenvalue weighted by Crippen LogP contribution is -2.50. The number of halogens is 1. The molecule has 0 aromatic heterocycles. The number of piperidine rings is 1. The van der Waals surface area contributed by atoms with Crippen LogP contribution in [0.1, 0.15) is 58.3 Å². The van der Waals surface area contributed by atoms with E-state index in [-0.39, 0.29) is 24.0 Å². The highest BCUT2D eigenvalue weighted by molar-refractivity contribution is 14.0. The summed E-state index contributed by atoms with van der Waals surface area (Å²) in [6.45, 7) is 6.55. The van der Waals surface area contributed by atoms with Gasteiger partial charge in [-0.15, -0.1) is 24.0 Å². The molecule has 2 rings (SSSR count). The van der Waals surface area contributed by atoms with Crippen molar-refractivity contribution in [2.45, 2.75) is 70.4 Å². The summed E-state index contributed by atoms with van der Waals surface area (Å²) in [4.78, 5) is 7.48. The summed E-state index contributed by atoms with van der Waals surface area (Å²) in [5, 5.41) is 7.07. The van der Waals surface area contributed by atoms with Crippen molar-refractivity contribution in [3.63, 3.8) is 0 Å². The van der Waals surface area contributed by atoms with E-state index in [2.05, 4.69) is 28.7 Å². The number of rotatable bonds is 8. The van der Waals surface area contributed by atoms with Gasteiger partial charge in [-0.2, -0.15) is 11.8 Å². The average Bonchev–Trinajstić information content (AvgIpc) is 3.10. The molecule has 2 N–H and O–H groups in total. The normalized spacial score (nSPS) is 20.8. The molecule has 0 bridgehead atoms. The van der Waals surface area contributed by atoms with Crippen LogP contribution in [0.5, 0.6) is 0 Å². The van der Waals surface area contributed by atoms with E-state index in [4.69, 9.17) is 4.99 Å². The molecule has 1 heterocycles. The van der Waals surface area contributed by atoms with Gasteiger partial charge in [0.05, 0.1) is 0 Å². The lowest BCUT2D eigenvalue weighted by atomic mass is 10.0. The fourth-order valence-corrected chi connectivity index (χ4v) is 4.23. The topological polar surface area (TPSA) is 39.7 Å². The van der Waals surface area contributed by atoms with Crippen molar-refractivity contribution >= 4 is 41.7 Å². The predicted octanol–water partition coefficient (Wildman–Crippen LogP) is 3.71. The van der Waals surface area contributed by atoms with Crippen LogP contribution in [-0.2, 0) is 0 Å². The SMILES string of the molecule is CCNC(=NCCCCSC)NC1CCN(C2CCCC2)CC1.I. The van der Waals surface area contributed by atoms with Gasteiger partial charge in [0, 0.05) is 38.3 Å². The highest BCUT2D eigenvalue weighted by atomic mass is 127. The second-order valence-electron chi connectivity index (χ2n) is 6.85. The first-order valence-corrected chi connectivity index (χ1v) is 11.0. The number of nitrogens with one attached hydrogen (secondary N) is 2. The summed E-state index contributed by atoms with van der Waals surface area (Å²) in [6.07, 6.45) is 12.9. The zero-order chi connectivity index (χ0) is 16.3. The Morgan fingerprint density at radius 1 is 1.12 bits per heavy atom. The van der Waals surface area contributed by atoms with Crippen LogP contribution in [0.2, 0.25) is 0 Å². The van der Waals surface area contributed by atoms with E-state index in [1.54, 1.807) is 0 Å². The van der Waals surface area contributed by atoms with Gasteiger partial charge < -0.3 is 15.5 Å². The summed E-state index contributed by atoms with van der Waals surface area (Å²) in [5.41, 5.74) is 0. The standard InChI is InChI=1S/C18H36N4S.HI/c1-3-19-18(20-12-6-7-15-23-2)21-16-10-13-22(14-11-16)17-8-4-5-9-17;/h16-17H,3-15H2,1-2H3,(H2,19,20,21);1H. The van der Waals surface area contributed by atoms with E-state index in [1.807, 2.05) is 11.8 Å². The molecule has 0 aromatic carbocycles. The Hall–Kier alpha value is 0.310. The van der Waals surface area contributed by atoms with Crippen LogP contribution in [0.25, 0.3) is 0 Å². The van der Waals surface area contributed by atoms with Crippen LogP contribution in [0, 0.1) is 0 Å². The fraction of sp³-hybridized carbons (Fsp3) is 0.944. The summed E-state index contributed by atoms with van der Waals surface area (Å²) >= 11 is 1.93. The number of aliphatic imine (C=N–C) groups is 1. The van der Waals surface area contributed by atoms with Crippen molar-refractivity contribution in [1.82, 2.24) is 15.5 Å². The molecule has 24 heavy (non-hydrogen) atoms. The minimum Gasteiger partial charge on any atom is -0.357 e. The molecule has 142 valence electrons. The third kappa shape index (κ3) is 8.13. The van der Waals surface area contributed by atoms with Crippen molar-refractivity contribution in [3.05, 3.63) is 0 Å². The highest BCUT2D eigenvalue weighted by Gasteiger charge is 2.27. The number of nitrogens with zero attached hydrogens (tertiary/aromatic N) is 2. The van der Waals surface area contributed by atoms with E-state index >= 15 is 0 Å². The van der Waals surface area contributed by atoms with Crippen LogP contribution in [0.4, 0.5) is 0 Å². The summed E-state index contributed by atoms with van der Waals surface area (Å²) in [7, 11) is 0. The summed E-state index contributed by atoms with van der Waals surface area (Å²) in [5.74, 6) is 2.27. The molecule has 2 fully saturated rings. The molecule has 0 spiro atoms. The average molecular weight is 468 g/mol. The predicted molar refractivity (Wildman–Crippen MR) is 119 cm³/mol. The third-order valence-corrected chi connectivity index (χ3v) is 5.78. The maximum absolute atomic E-state index is 4.75. The van der Waals surface area contributed by atoms with Gasteiger partial charge in [-0.05, 0) is 57.5 Å². The number of likely N-dealkylation sites (tertiary alicyclic amines) is 1. The van der Waals surface area contributed by atoms with Crippen LogP contribution in [-0.4, -0.2) is 61.1 Å². The van der Waals surface area contributed by atoms with E-state index in [9.17, 15) is 0 Å². The largest absolute Gasteiger partial charge is 0.357 e. The molecule has 0 radical (unpaired) electrons. The number of unbranched alkanes of at least 4 members (excludes halogenated alkanes) is 1. The first-order chi connectivity index (χ1) is 11.3. The Kier molecular flexibility index (Phi) is 12.6. The van der Waals surface area contributed by atoms with Crippen molar-refractivity contribution in [3.8, 4) is 0 Å². The number of guanidine groups is 1. The molecule has 6 heteroatoms. The zero-order valence-corrected chi connectivity index (χ0v) is 18.7. The van der Waals surface area contributed by atoms with Gasteiger partial charge in [0.15, 0.2) is 5.96 Å². The van der Waals surface area contributed by atoms with Gasteiger partial charge in [-0.25, -0.2) is 0 Å². The molecule has 0 amide bonds. The van der Waals surface area contributed by atoms with Gasteiger partial charge in [0.25, 0.3) is 0 Å². The van der Waals surface area contributed by atoms with Gasteiger partial charge in [0.2, 0.25) is 0 Å². The Labute approximate surface area is 170 Å². The van der Waals surface area contributed by atoms with Gasteiger partial charge in [0.1, 0.15) is 0 Å². The minimum absolute atomic E-state index is 0. The fourth-order valence-electron chi connectivity index (χ4n) is 3.74.